The minimum atomic E-state index is 0.108. The molecule has 1 aromatic rings. The van der Waals surface area contributed by atoms with Gasteiger partial charge in [-0.3, -0.25) is 4.90 Å². The molecular formula is C15H24N2S. The molecule has 1 N–H and O–H groups in total. The largest absolute Gasteiger partial charge is 0.305 e. The Balaban J connectivity index is 1.97. The highest BCUT2D eigenvalue weighted by molar-refractivity contribution is 7.99. The molecule has 0 bridgehead atoms. The smallest absolute Gasteiger partial charge is 0.0535 e. The molecular weight excluding hydrogens is 240 g/mol. The van der Waals surface area contributed by atoms with Gasteiger partial charge in [0.2, 0.25) is 0 Å². The average Bonchev–Trinajstić information content (AvgIpc) is 2.40. The van der Waals surface area contributed by atoms with Gasteiger partial charge in [-0.15, -0.1) is 0 Å². The summed E-state index contributed by atoms with van der Waals surface area (Å²) in [6.45, 7) is 9.14. The molecule has 1 aromatic carbocycles. The average molecular weight is 264 g/mol. The van der Waals surface area contributed by atoms with Gasteiger partial charge in [0.15, 0.2) is 0 Å². The van der Waals surface area contributed by atoms with Crippen molar-refractivity contribution in [3.8, 4) is 0 Å². The Kier molecular flexibility index (Phi) is 5.10. The van der Waals surface area contributed by atoms with Crippen LogP contribution in [0.4, 0.5) is 0 Å². The Morgan fingerprint density at radius 3 is 2.83 bits per heavy atom. The zero-order valence-corrected chi connectivity index (χ0v) is 12.3. The van der Waals surface area contributed by atoms with Gasteiger partial charge in [-0.2, -0.15) is 11.8 Å². The third-order valence-electron chi connectivity index (χ3n) is 3.65. The lowest BCUT2D eigenvalue weighted by Crippen LogP contribution is -2.56. The van der Waals surface area contributed by atoms with Crippen molar-refractivity contribution in [1.29, 1.82) is 0 Å². The first kappa shape index (κ1) is 13.9. The van der Waals surface area contributed by atoms with Crippen molar-refractivity contribution in [2.24, 2.45) is 0 Å². The van der Waals surface area contributed by atoms with Gasteiger partial charge in [-0.1, -0.05) is 37.3 Å². The molecule has 0 radical (unpaired) electrons. The monoisotopic (exact) mass is 264 g/mol. The summed E-state index contributed by atoms with van der Waals surface area (Å²) in [6.07, 6.45) is 0. The number of nitrogens with one attached hydrogen (secondary N) is 1. The maximum absolute atomic E-state index is 3.68. The molecule has 0 saturated carbocycles. The molecule has 18 heavy (non-hydrogen) atoms. The third kappa shape index (κ3) is 3.50. The lowest BCUT2D eigenvalue weighted by molar-refractivity contribution is 0.150. The molecule has 3 heteroatoms. The van der Waals surface area contributed by atoms with E-state index in [1.54, 1.807) is 0 Å². The van der Waals surface area contributed by atoms with Gasteiger partial charge < -0.3 is 5.32 Å². The van der Waals surface area contributed by atoms with Crippen LogP contribution in [-0.2, 0) is 5.54 Å². The number of piperazine rings is 1. The van der Waals surface area contributed by atoms with Crippen molar-refractivity contribution in [1.82, 2.24) is 10.2 Å². The first-order chi connectivity index (χ1) is 8.74. The predicted octanol–water partition coefficient (Wildman–Crippen LogP) is 2.56. The molecule has 0 aromatic heterocycles. The van der Waals surface area contributed by atoms with Crippen LogP contribution >= 0.6 is 11.8 Å². The summed E-state index contributed by atoms with van der Waals surface area (Å²) in [6, 6.07) is 10.8. The first-order valence-corrected chi connectivity index (χ1v) is 8.01. The summed E-state index contributed by atoms with van der Waals surface area (Å²) in [4.78, 5) is 2.59. The standard InChI is InChI=1S/C15H24N2S/c1-3-18-12-11-17-10-9-16-15(2,13-17)14-7-5-4-6-8-14/h4-8,16H,3,9-13H2,1-2H3. The van der Waals surface area contributed by atoms with E-state index in [4.69, 9.17) is 0 Å². The van der Waals surface area contributed by atoms with Crippen molar-refractivity contribution >= 4 is 11.8 Å². The molecule has 1 heterocycles. The SMILES string of the molecule is CCSCCN1CCNC(C)(c2ccccc2)C1. The Bertz CT molecular complexity index is 355. The van der Waals surface area contributed by atoms with Crippen LogP contribution in [-0.4, -0.2) is 42.6 Å². The Hall–Kier alpha value is -0.510. The van der Waals surface area contributed by atoms with Gasteiger partial charge in [-0.25, -0.2) is 0 Å². The fourth-order valence-corrected chi connectivity index (χ4v) is 3.28. The molecule has 1 atom stereocenters. The zero-order chi connectivity index (χ0) is 12.8. The molecule has 0 spiro atoms. The van der Waals surface area contributed by atoms with Gasteiger partial charge in [0.05, 0.1) is 5.54 Å². The van der Waals surface area contributed by atoms with E-state index in [0.717, 1.165) is 13.1 Å². The zero-order valence-electron chi connectivity index (χ0n) is 11.5. The molecule has 2 nitrogen and oxygen atoms in total. The van der Waals surface area contributed by atoms with Crippen LogP contribution < -0.4 is 5.32 Å². The molecule has 0 amide bonds. The van der Waals surface area contributed by atoms with E-state index in [0.29, 0.717) is 0 Å². The van der Waals surface area contributed by atoms with E-state index in [-0.39, 0.29) is 5.54 Å². The summed E-state index contributed by atoms with van der Waals surface area (Å²) in [5, 5.41) is 3.68. The van der Waals surface area contributed by atoms with Crippen LogP contribution in [0.2, 0.25) is 0 Å². The van der Waals surface area contributed by atoms with E-state index in [9.17, 15) is 0 Å². The highest BCUT2D eigenvalue weighted by Crippen LogP contribution is 2.24. The Morgan fingerprint density at radius 2 is 2.11 bits per heavy atom. The highest BCUT2D eigenvalue weighted by atomic mass is 32.2. The van der Waals surface area contributed by atoms with Gasteiger partial charge in [0.25, 0.3) is 0 Å². The number of hydrogen-bond donors (Lipinski definition) is 1. The van der Waals surface area contributed by atoms with Crippen molar-refractivity contribution in [3.63, 3.8) is 0 Å². The molecule has 1 saturated heterocycles. The number of nitrogens with zero attached hydrogens (tertiary/aromatic N) is 1. The third-order valence-corrected chi connectivity index (χ3v) is 4.53. The van der Waals surface area contributed by atoms with Gasteiger partial charge in [0, 0.05) is 31.9 Å². The predicted molar refractivity (Wildman–Crippen MR) is 81.2 cm³/mol. The molecule has 100 valence electrons. The summed E-state index contributed by atoms with van der Waals surface area (Å²) in [7, 11) is 0. The number of hydrogen-bond acceptors (Lipinski definition) is 3. The van der Waals surface area contributed by atoms with Gasteiger partial charge in [-0.05, 0) is 18.2 Å². The molecule has 0 aliphatic carbocycles. The van der Waals surface area contributed by atoms with Crippen LogP contribution in [0.5, 0.6) is 0 Å². The maximum Gasteiger partial charge on any atom is 0.0535 e. The fourth-order valence-electron chi connectivity index (χ4n) is 2.60. The van der Waals surface area contributed by atoms with E-state index in [1.165, 1.54) is 30.2 Å². The number of rotatable bonds is 5. The second kappa shape index (κ2) is 6.60. The second-order valence-corrected chi connectivity index (χ2v) is 6.49. The molecule has 2 rings (SSSR count). The summed E-state index contributed by atoms with van der Waals surface area (Å²) < 4.78 is 0. The Morgan fingerprint density at radius 1 is 1.33 bits per heavy atom. The van der Waals surface area contributed by atoms with Gasteiger partial charge >= 0.3 is 0 Å². The van der Waals surface area contributed by atoms with Crippen molar-refractivity contribution in [2.75, 3.05) is 37.7 Å². The normalized spacial score (nSPS) is 25.2. The van der Waals surface area contributed by atoms with Crippen LogP contribution in [0.15, 0.2) is 30.3 Å². The van der Waals surface area contributed by atoms with E-state index in [1.807, 2.05) is 11.8 Å². The summed E-state index contributed by atoms with van der Waals surface area (Å²) in [5.41, 5.74) is 1.51. The second-order valence-electron chi connectivity index (χ2n) is 5.10. The van der Waals surface area contributed by atoms with Crippen LogP contribution in [0.1, 0.15) is 19.4 Å². The quantitative estimate of drug-likeness (QED) is 0.823. The fraction of sp³-hybridized carbons (Fsp3) is 0.600. The van der Waals surface area contributed by atoms with Gasteiger partial charge in [0.1, 0.15) is 0 Å². The first-order valence-electron chi connectivity index (χ1n) is 6.85. The topological polar surface area (TPSA) is 15.3 Å². The van der Waals surface area contributed by atoms with Crippen molar-refractivity contribution < 1.29 is 0 Å². The van der Waals surface area contributed by atoms with E-state index >= 15 is 0 Å². The summed E-state index contributed by atoms with van der Waals surface area (Å²) >= 11 is 2.04. The molecule has 1 unspecified atom stereocenters. The van der Waals surface area contributed by atoms with Crippen LogP contribution in [0.25, 0.3) is 0 Å². The van der Waals surface area contributed by atoms with Crippen molar-refractivity contribution in [3.05, 3.63) is 35.9 Å². The maximum atomic E-state index is 3.68. The number of thioether (sulfide) groups is 1. The number of benzene rings is 1. The van der Waals surface area contributed by atoms with Crippen molar-refractivity contribution in [2.45, 2.75) is 19.4 Å². The lowest BCUT2D eigenvalue weighted by Gasteiger charge is -2.42. The van der Waals surface area contributed by atoms with E-state index in [2.05, 4.69) is 54.4 Å². The molecule has 1 aliphatic heterocycles. The summed E-state index contributed by atoms with van der Waals surface area (Å²) in [5.74, 6) is 2.48. The van der Waals surface area contributed by atoms with E-state index < -0.39 is 0 Å². The van der Waals surface area contributed by atoms with Crippen LogP contribution in [0.3, 0.4) is 0 Å². The molecule has 1 fully saturated rings. The minimum absolute atomic E-state index is 0.108. The minimum Gasteiger partial charge on any atom is -0.305 e. The highest BCUT2D eigenvalue weighted by Gasteiger charge is 2.31. The molecule has 1 aliphatic rings. The lowest BCUT2D eigenvalue weighted by atomic mass is 9.90. The Labute approximate surface area is 115 Å². The van der Waals surface area contributed by atoms with Crippen LogP contribution in [0, 0.1) is 0 Å².